The van der Waals surface area contributed by atoms with Gasteiger partial charge in [-0.15, -0.1) is 13.2 Å². The minimum absolute atomic E-state index is 0.115. The highest BCUT2D eigenvalue weighted by molar-refractivity contribution is 8.15. The summed E-state index contributed by atoms with van der Waals surface area (Å²) < 4.78 is 46.3. The average molecular weight is 597 g/mol. The smallest absolute Gasteiger partial charge is 0.406 e. The van der Waals surface area contributed by atoms with E-state index in [0.717, 1.165) is 39.0 Å². The lowest BCUT2D eigenvalue weighted by molar-refractivity contribution is -0.274. The van der Waals surface area contributed by atoms with Gasteiger partial charge in [-0.25, -0.2) is 9.98 Å². The molecule has 1 amide bonds. The molecule has 1 fully saturated rings. The Morgan fingerprint density at radius 2 is 1.88 bits per heavy atom. The average Bonchev–Trinajstić information content (AvgIpc) is 3.50. The largest absolute Gasteiger partial charge is 0.573 e. The zero-order chi connectivity index (χ0) is 29.1. The highest BCUT2D eigenvalue weighted by Crippen LogP contribution is 2.31. The number of carbonyl (C=O) groups excluding carboxylic acids is 1. The Morgan fingerprint density at radius 1 is 1.12 bits per heavy atom. The second-order valence-corrected chi connectivity index (χ2v) is 10.9. The molecule has 0 aliphatic carbocycles. The van der Waals surface area contributed by atoms with Crippen LogP contribution in [0, 0.1) is 0 Å². The summed E-state index contributed by atoms with van der Waals surface area (Å²) in [5.74, 6) is 0.146. The number of halogens is 3. The van der Waals surface area contributed by atoms with E-state index in [1.165, 1.54) is 40.4 Å². The SMILES string of the molecule is CC(C)c1ccccc1N=C1SCC(=O)N1/N=C/c1ccc2c(C(N)=Nc3ccc(OC(F)(F)F)cc3)nsc2c1. The number of amides is 1. The zero-order valence-electron chi connectivity index (χ0n) is 21.8. The fraction of sp³-hybridized carbons (Fsp3) is 0.179. The monoisotopic (exact) mass is 596 g/mol. The number of aliphatic imine (C=N–C) groups is 2. The Balaban J connectivity index is 1.34. The molecule has 0 spiro atoms. The fourth-order valence-electron chi connectivity index (χ4n) is 3.99. The molecule has 0 unspecified atom stereocenters. The molecule has 8 nitrogen and oxygen atoms in total. The number of para-hydroxylation sites is 1. The number of hydrogen-bond donors (Lipinski definition) is 1. The Hall–Kier alpha value is -4.23. The van der Waals surface area contributed by atoms with Gasteiger partial charge in [-0.3, -0.25) is 4.79 Å². The number of nitrogens with zero attached hydrogens (tertiary/aromatic N) is 5. The van der Waals surface area contributed by atoms with E-state index in [0.29, 0.717) is 16.5 Å². The number of hydrazone groups is 1. The lowest BCUT2D eigenvalue weighted by atomic mass is 10.0. The van der Waals surface area contributed by atoms with Crippen LogP contribution in [0.25, 0.3) is 10.1 Å². The maximum Gasteiger partial charge on any atom is 0.573 e. The van der Waals surface area contributed by atoms with Crippen molar-refractivity contribution < 1.29 is 22.7 Å². The van der Waals surface area contributed by atoms with Crippen LogP contribution in [0.3, 0.4) is 0 Å². The van der Waals surface area contributed by atoms with E-state index in [4.69, 9.17) is 10.7 Å². The molecular weight excluding hydrogens is 573 g/mol. The minimum Gasteiger partial charge on any atom is -0.406 e. The summed E-state index contributed by atoms with van der Waals surface area (Å²) in [7, 11) is 0. The predicted octanol–water partition coefficient (Wildman–Crippen LogP) is 6.95. The van der Waals surface area contributed by atoms with E-state index < -0.39 is 6.36 Å². The molecule has 0 atom stereocenters. The van der Waals surface area contributed by atoms with Crippen LogP contribution in [-0.4, -0.2) is 44.6 Å². The fourth-order valence-corrected chi connectivity index (χ4v) is 5.63. The third kappa shape index (κ3) is 6.74. The molecule has 5 rings (SSSR count). The summed E-state index contributed by atoms with van der Waals surface area (Å²) in [6.07, 6.45) is -3.18. The minimum atomic E-state index is -4.77. The van der Waals surface area contributed by atoms with Crippen molar-refractivity contribution >= 4 is 67.9 Å². The van der Waals surface area contributed by atoms with Gasteiger partial charge in [0, 0.05) is 5.39 Å². The molecule has 1 saturated heterocycles. The van der Waals surface area contributed by atoms with Crippen LogP contribution < -0.4 is 10.5 Å². The first-order chi connectivity index (χ1) is 19.6. The van der Waals surface area contributed by atoms with Crippen LogP contribution >= 0.6 is 23.3 Å². The van der Waals surface area contributed by atoms with Crippen molar-refractivity contribution in [3.8, 4) is 5.75 Å². The standard InChI is InChI=1S/C28H23F3N6O2S2/c1-16(2)20-5-3-4-6-22(20)35-27-37(24(38)15-40-27)33-14-17-7-12-21-23(13-17)41-36-25(21)26(32)34-18-8-10-19(11-9-18)39-28(29,30)31/h3-14,16H,15H2,1-2H3,(H2,32,34)/b33-14+,35-27?. The summed E-state index contributed by atoms with van der Waals surface area (Å²) in [5, 5.41) is 7.01. The Morgan fingerprint density at radius 3 is 2.61 bits per heavy atom. The van der Waals surface area contributed by atoms with Gasteiger partial charge in [-0.1, -0.05) is 55.9 Å². The Kier molecular flexibility index (Phi) is 8.08. The molecule has 1 aliphatic heterocycles. The van der Waals surface area contributed by atoms with Crippen molar-refractivity contribution in [2.45, 2.75) is 26.1 Å². The number of alkyl halides is 3. The van der Waals surface area contributed by atoms with E-state index in [1.807, 2.05) is 42.5 Å². The van der Waals surface area contributed by atoms with Crippen LogP contribution in [0.5, 0.6) is 5.75 Å². The first-order valence-corrected chi connectivity index (χ1v) is 14.1. The number of amidine groups is 2. The van der Waals surface area contributed by atoms with E-state index in [1.54, 1.807) is 6.21 Å². The summed E-state index contributed by atoms with van der Waals surface area (Å²) in [4.78, 5) is 21.6. The maximum atomic E-state index is 12.6. The second-order valence-electron chi connectivity index (χ2n) is 9.17. The van der Waals surface area contributed by atoms with Crippen LogP contribution in [0.4, 0.5) is 24.5 Å². The van der Waals surface area contributed by atoms with E-state index in [-0.39, 0.29) is 29.2 Å². The van der Waals surface area contributed by atoms with Crippen LogP contribution in [0.2, 0.25) is 0 Å². The van der Waals surface area contributed by atoms with Crippen molar-refractivity contribution in [1.29, 1.82) is 0 Å². The summed E-state index contributed by atoms with van der Waals surface area (Å²) >= 11 is 2.56. The van der Waals surface area contributed by atoms with Gasteiger partial charge in [0.1, 0.15) is 11.4 Å². The van der Waals surface area contributed by atoms with E-state index in [2.05, 4.69) is 33.1 Å². The Labute approximate surface area is 241 Å². The van der Waals surface area contributed by atoms with E-state index in [9.17, 15) is 18.0 Å². The van der Waals surface area contributed by atoms with Gasteiger partial charge in [0.2, 0.25) is 0 Å². The molecule has 4 aromatic rings. The van der Waals surface area contributed by atoms with Crippen molar-refractivity contribution in [2.75, 3.05) is 5.75 Å². The van der Waals surface area contributed by atoms with Gasteiger partial charge in [0.05, 0.1) is 28.0 Å². The van der Waals surface area contributed by atoms with Crippen molar-refractivity contribution in [2.24, 2.45) is 20.8 Å². The molecule has 0 saturated carbocycles. The number of aromatic nitrogens is 1. The van der Waals surface area contributed by atoms with E-state index >= 15 is 0 Å². The molecule has 0 bridgehead atoms. The van der Waals surface area contributed by atoms with Gasteiger partial charge in [-0.05, 0) is 65.0 Å². The normalized spacial score (nSPS) is 15.7. The summed E-state index contributed by atoms with van der Waals surface area (Å²) in [6.45, 7) is 4.19. The van der Waals surface area contributed by atoms with Crippen LogP contribution in [-0.2, 0) is 4.79 Å². The molecule has 0 radical (unpaired) electrons. The van der Waals surface area contributed by atoms with Gasteiger partial charge >= 0.3 is 6.36 Å². The topological polar surface area (TPSA) is 106 Å². The van der Waals surface area contributed by atoms with Crippen LogP contribution in [0.1, 0.15) is 36.6 Å². The number of rotatable bonds is 7. The lowest BCUT2D eigenvalue weighted by Gasteiger charge is -2.12. The first kappa shape index (κ1) is 28.3. The molecule has 1 aliphatic rings. The molecule has 3 aromatic carbocycles. The van der Waals surface area contributed by atoms with Gasteiger partial charge in [-0.2, -0.15) is 14.5 Å². The lowest BCUT2D eigenvalue weighted by Crippen LogP contribution is -2.23. The molecule has 13 heteroatoms. The number of thioether (sulfide) groups is 1. The number of benzene rings is 3. The molecule has 41 heavy (non-hydrogen) atoms. The number of carbonyl (C=O) groups is 1. The van der Waals surface area contributed by atoms with Gasteiger partial charge in [0.15, 0.2) is 11.0 Å². The number of nitrogens with two attached hydrogens (primary N) is 1. The first-order valence-electron chi connectivity index (χ1n) is 12.3. The summed E-state index contributed by atoms with van der Waals surface area (Å²) in [6, 6.07) is 18.4. The van der Waals surface area contributed by atoms with Crippen molar-refractivity contribution in [1.82, 2.24) is 9.38 Å². The highest BCUT2D eigenvalue weighted by atomic mass is 32.2. The number of fused-ring (bicyclic) bond motifs is 1. The number of ether oxygens (including phenoxy) is 1. The third-order valence-corrected chi connectivity index (χ3v) is 7.62. The predicted molar refractivity (Wildman–Crippen MR) is 158 cm³/mol. The Bertz CT molecular complexity index is 1680. The van der Waals surface area contributed by atoms with Crippen LogP contribution in [0.15, 0.2) is 81.8 Å². The quantitative estimate of drug-likeness (QED) is 0.184. The van der Waals surface area contributed by atoms with Crippen molar-refractivity contribution in [3.63, 3.8) is 0 Å². The maximum absolute atomic E-state index is 12.6. The van der Waals surface area contributed by atoms with Crippen molar-refractivity contribution in [3.05, 3.63) is 83.6 Å². The highest BCUT2D eigenvalue weighted by Gasteiger charge is 2.31. The number of hydrogen-bond acceptors (Lipinski definition) is 8. The molecule has 2 heterocycles. The molecular formula is C28H23F3N6O2S2. The molecule has 2 N–H and O–H groups in total. The molecule has 1 aromatic heterocycles. The van der Waals surface area contributed by atoms with Gasteiger partial charge < -0.3 is 10.5 Å². The molecule has 210 valence electrons. The summed E-state index contributed by atoms with van der Waals surface area (Å²) in [5.41, 5.74) is 9.62. The second kappa shape index (κ2) is 11.7. The third-order valence-electron chi connectivity index (χ3n) is 5.90. The van der Waals surface area contributed by atoms with Gasteiger partial charge in [0.25, 0.3) is 5.91 Å². The zero-order valence-corrected chi connectivity index (χ0v) is 23.4.